The molecule has 2 aromatic rings. The van der Waals surface area contributed by atoms with Crippen LogP contribution < -0.4 is 14.8 Å². The summed E-state index contributed by atoms with van der Waals surface area (Å²) in [6.45, 7) is 2.60. The molecule has 2 aromatic carbocycles. The lowest BCUT2D eigenvalue weighted by molar-refractivity contribution is -0.132. The first-order valence-corrected chi connectivity index (χ1v) is 8.45. The van der Waals surface area contributed by atoms with Crippen molar-refractivity contribution in [2.75, 3.05) is 20.3 Å². The van der Waals surface area contributed by atoms with Crippen molar-refractivity contribution in [3.8, 4) is 11.5 Å². The van der Waals surface area contributed by atoms with Gasteiger partial charge in [-0.3, -0.25) is 4.79 Å². The zero-order chi connectivity index (χ0) is 17.7. The first-order chi connectivity index (χ1) is 12.2. The number of ether oxygens (including phenoxy) is 3. The van der Waals surface area contributed by atoms with Crippen LogP contribution in [0.3, 0.4) is 0 Å². The van der Waals surface area contributed by atoms with E-state index in [1.165, 1.54) is 0 Å². The fourth-order valence-corrected chi connectivity index (χ4v) is 3.00. The van der Waals surface area contributed by atoms with E-state index in [4.69, 9.17) is 14.2 Å². The predicted molar refractivity (Wildman–Crippen MR) is 94.8 cm³/mol. The Labute approximate surface area is 147 Å². The second kappa shape index (κ2) is 7.57. The zero-order valence-corrected chi connectivity index (χ0v) is 14.5. The molecule has 1 N–H and O–H groups in total. The number of para-hydroxylation sites is 2. The van der Waals surface area contributed by atoms with Crippen molar-refractivity contribution in [2.24, 2.45) is 0 Å². The van der Waals surface area contributed by atoms with E-state index >= 15 is 0 Å². The van der Waals surface area contributed by atoms with Gasteiger partial charge in [-0.15, -0.1) is 0 Å². The summed E-state index contributed by atoms with van der Waals surface area (Å²) in [5.41, 5.74) is 0.469. The van der Waals surface area contributed by atoms with Gasteiger partial charge in [-0.1, -0.05) is 49.4 Å². The molecular formula is C20H23NO4. The van der Waals surface area contributed by atoms with Gasteiger partial charge in [-0.2, -0.15) is 0 Å². The summed E-state index contributed by atoms with van der Waals surface area (Å²) in [4.78, 5) is 12.5. The molecule has 0 radical (unpaired) electrons. The third-order valence-electron chi connectivity index (χ3n) is 4.61. The maximum Gasteiger partial charge on any atom is 0.264 e. The Kier molecular flexibility index (Phi) is 5.24. The number of rotatable bonds is 6. The number of nitrogens with one attached hydrogen (secondary N) is 1. The van der Waals surface area contributed by atoms with Gasteiger partial charge in [0.15, 0.2) is 11.5 Å². The Morgan fingerprint density at radius 3 is 2.52 bits per heavy atom. The monoisotopic (exact) mass is 341 g/mol. The lowest BCUT2D eigenvalue weighted by Gasteiger charge is -2.33. The topological polar surface area (TPSA) is 56.8 Å². The summed E-state index contributed by atoms with van der Waals surface area (Å²) in [7, 11) is 1.67. The predicted octanol–water partition coefficient (Wildman–Crippen LogP) is 2.89. The van der Waals surface area contributed by atoms with Gasteiger partial charge in [0.2, 0.25) is 6.10 Å². The fourth-order valence-electron chi connectivity index (χ4n) is 3.00. The molecule has 0 saturated heterocycles. The smallest absolute Gasteiger partial charge is 0.264 e. The van der Waals surface area contributed by atoms with Crippen molar-refractivity contribution in [1.29, 1.82) is 0 Å². The first-order valence-electron chi connectivity index (χ1n) is 8.45. The molecule has 2 atom stereocenters. The van der Waals surface area contributed by atoms with E-state index in [0.29, 0.717) is 18.0 Å². The highest BCUT2D eigenvalue weighted by Gasteiger charge is 2.33. The molecule has 0 fully saturated rings. The number of benzene rings is 2. The number of carbonyl (C=O) groups excluding carboxylic acids is 1. The van der Waals surface area contributed by atoms with Gasteiger partial charge in [0.05, 0.1) is 6.54 Å². The van der Waals surface area contributed by atoms with Crippen LogP contribution in [0.4, 0.5) is 0 Å². The van der Waals surface area contributed by atoms with E-state index in [1.807, 2.05) is 55.5 Å². The highest BCUT2D eigenvalue weighted by Crippen LogP contribution is 2.31. The average Bonchev–Trinajstić information content (AvgIpc) is 2.69. The van der Waals surface area contributed by atoms with Crippen LogP contribution in [0.2, 0.25) is 0 Å². The molecule has 0 saturated carbocycles. The molecule has 5 nitrogen and oxygen atoms in total. The fraction of sp³-hybridized carbons (Fsp3) is 0.350. The van der Waals surface area contributed by atoms with E-state index in [1.54, 1.807) is 13.2 Å². The van der Waals surface area contributed by atoms with E-state index in [2.05, 4.69) is 5.32 Å². The van der Waals surface area contributed by atoms with Gasteiger partial charge >= 0.3 is 0 Å². The van der Waals surface area contributed by atoms with Gasteiger partial charge in [0.1, 0.15) is 12.2 Å². The summed E-state index contributed by atoms with van der Waals surface area (Å²) >= 11 is 0. The molecule has 0 aliphatic carbocycles. The second-order valence-electron chi connectivity index (χ2n) is 6.00. The summed E-state index contributed by atoms with van der Waals surface area (Å²) in [5.74, 6) is 1.04. The normalized spacial score (nSPS) is 18.2. The Hall–Kier alpha value is -2.53. The zero-order valence-electron chi connectivity index (χ0n) is 14.5. The Morgan fingerprint density at radius 2 is 1.84 bits per heavy atom. The number of hydrogen-bond acceptors (Lipinski definition) is 4. The maximum absolute atomic E-state index is 12.5. The van der Waals surface area contributed by atoms with Gasteiger partial charge in [-0.25, -0.2) is 0 Å². The number of carbonyl (C=O) groups is 1. The molecule has 0 bridgehead atoms. The molecular weight excluding hydrogens is 318 g/mol. The third kappa shape index (κ3) is 3.61. The van der Waals surface area contributed by atoms with E-state index in [-0.39, 0.29) is 12.5 Å². The molecule has 3 rings (SSSR count). The van der Waals surface area contributed by atoms with Crippen LogP contribution >= 0.6 is 0 Å². The number of fused-ring (bicyclic) bond motifs is 1. The Bertz CT molecular complexity index is 713. The number of amides is 1. The van der Waals surface area contributed by atoms with Crippen molar-refractivity contribution < 1.29 is 19.0 Å². The van der Waals surface area contributed by atoms with Crippen LogP contribution in [-0.2, 0) is 15.1 Å². The van der Waals surface area contributed by atoms with Crippen LogP contribution in [0.25, 0.3) is 0 Å². The summed E-state index contributed by atoms with van der Waals surface area (Å²) in [6, 6.07) is 17.3. The minimum atomic E-state index is -0.669. The van der Waals surface area contributed by atoms with E-state index in [9.17, 15) is 4.79 Å². The lowest BCUT2D eigenvalue weighted by Crippen LogP contribution is -2.49. The summed E-state index contributed by atoms with van der Waals surface area (Å²) in [6.07, 6.45) is 0.0654. The molecule has 1 amide bonds. The van der Waals surface area contributed by atoms with Crippen LogP contribution in [-0.4, -0.2) is 32.3 Å². The average molecular weight is 341 g/mol. The Balaban J connectivity index is 1.67. The van der Waals surface area contributed by atoms with Gasteiger partial charge in [0.25, 0.3) is 5.91 Å². The van der Waals surface area contributed by atoms with Crippen LogP contribution in [0, 0.1) is 0 Å². The molecule has 1 aliphatic rings. The molecule has 1 heterocycles. The molecule has 0 spiro atoms. The number of hydrogen-bond donors (Lipinski definition) is 1. The molecule has 132 valence electrons. The van der Waals surface area contributed by atoms with Crippen molar-refractivity contribution in [3.05, 3.63) is 60.2 Å². The van der Waals surface area contributed by atoms with E-state index in [0.717, 1.165) is 12.0 Å². The van der Waals surface area contributed by atoms with Crippen LogP contribution in [0.5, 0.6) is 11.5 Å². The number of methoxy groups -OCH3 is 1. The summed E-state index contributed by atoms with van der Waals surface area (Å²) in [5, 5.41) is 2.96. The van der Waals surface area contributed by atoms with Gasteiger partial charge in [0, 0.05) is 7.11 Å². The molecule has 5 heteroatoms. The highest BCUT2D eigenvalue weighted by atomic mass is 16.6. The first kappa shape index (κ1) is 17.3. The summed E-state index contributed by atoms with van der Waals surface area (Å²) < 4.78 is 17.1. The quantitative estimate of drug-likeness (QED) is 0.878. The minimum Gasteiger partial charge on any atom is -0.485 e. The van der Waals surface area contributed by atoms with Crippen molar-refractivity contribution in [1.82, 2.24) is 5.32 Å². The molecule has 25 heavy (non-hydrogen) atoms. The van der Waals surface area contributed by atoms with E-state index < -0.39 is 11.7 Å². The standard InChI is InChI=1S/C20H23NO4/c1-3-20(23-2,15-9-5-4-6-10-15)14-21-19(22)18-13-24-16-11-7-8-12-17(16)25-18/h4-12,18H,3,13-14H2,1-2H3,(H,21,22)/t18-,20+/m0/s1. The highest BCUT2D eigenvalue weighted by molar-refractivity contribution is 5.81. The lowest BCUT2D eigenvalue weighted by atomic mass is 9.90. The molecule has 0 unspecified atom stereocenters. The van der Waals surface area contributed by atoms with Crippen molar-refractivity contribution in [2.45, 2.75) is 25.0 Å². The maximum atomic E-state index is 12.5. The minimum absolute atomic E-state index is 0.195. The van der Waals surface area contributed by atoms with Gasteiger partial charge in [-0.05, 0) is 24.1 Å². The molecule has 0 aromatic heterocycles. The van der Waals surface area contributed by atoms with Gasteiger partial charge < -0.3 is 19.5 Å². The second-order valence-corrected chi connectivity index (χ2v) is 6.00. The Morgan fingerprint density at radius 1 is 1.16 bits per heavy atom. The third-order valence-corrected chi connectivity index (χ3v) is 4.61. The SMILES string of the molecule is CC[C@](CNC(=O)[C@@H]1COc2ccccc2O1)(OC)c1ccccc1. The van der Waals surface area contributed by atoms with Crippen LogP contribution in [0.1, 0.15) is 18.9 Å². The molecule has 1 aliphatic heterocycles. The largest absolute Gasteiger partial charge is 0.485 e. The van der Waals surface area contributed by atoms with Crippen molar-refractivity contribution >= 4 is 5.91 Å². The van der Waals surface area contributed by atoms with Crippen molar-refractivity contribution in [3.63, 3.8) is 0 Å². The van der Waals surface area contributed by atoms with Crippen LogP contribution in [0.15, 0.2) is 54.6 Å².